The maximum Gasteiger partial charge on any atom is 0.422 e. The SMILES string of the molecule is N[C@H]1CCCN(C(=O)COc2ccccc2OCC(F)(F)F)C1. The molecule has 2 rings (SSSR count). The van der Waals surface area contributed by atoms with Crippen molar-refractivity contribution < 1.29 is 27.4 Å². The summed E-state index contributed by atoms with van der Waals surface area (Å²) in [6.07, 6.45) is -2.73. The molecule has 0 unspecified atom stereocenters. The van der Waals surface area contributed by atoms with Crippen molar-refractivity contribution in [3.05, 3.63) is 24.3 Å². The summed E-state index contributed by atoms with van der Waals surface area (Å²) in [5, 5.41) is 0. The third-order valence-electron chi connectivity index (χ3n) is 3.40. The second kappa shape index (κ2) is 7.54. The van der Waals surface area contributed by atoms with Gasteiger partial charge in [0.1, 0.15) is 0 Å². The highest BCUT2D eigenvalue weighted by molar-refractivity contribution is 5.78. The number of rotatable bonds is 5. The lowest BCUT2D eigenvalue weighted by atomic mass is 10.1. The Balaban J connectivity index is 1.91. The first-order valence-electron chi connectivity index (χ1n) is 7.30. The summed E-state index contributed by atoms with van der Waals surface area (Å²) in [4.78, 5) is 13.7. The molecule has 1 fully saturated rings. The van der Waals surface area contributed by atoms with Crippen LogP contribution in [0.4, 0.5) is 13.2 Å². The first-order valence-corrected chi connectivity index (χ1v) is 7.30. The van der Waals surface area contributed by atoms with Gasteiger partial charge in [-0.25, -0.2) is 0 Å². The molecule has 2 N–H and O–H groups in total. The number of benzene rings is 1. The van der Waals surface area contributed by atoms with Crippen LogP contribution in [-0.2, 0) is 4.79 Å². The zero-order chi connectivity index (χ0) is 16.9. The lowest BCUT2D eigenvalue weighted by Gasteiger charge is -2.30. The van der Waals surface area contributed by atoms with E-state index in [1.165, 1.54) is 18.2 Å². The third-order valence-corrected chi connectivity index (χ3v) is 3.40. The molecule has 1 heterocycles. The third kappa shape index (κ3) is 5.63. The molecule has 0 bridgehead atoms. The molecule has 0 spiro atoms. The van der Waals surface area contributed by atoms with Crippen LogP contribution in [0.5, 0.6) is 11.5 Å². The van der Waals surface area contributed by atoms with Gasteiger partial charge in [-0.1, -0.05) is 12.1 Å². The Kier molecular flexibility index (Phi) is 5.70. The van der Waals surface area contributed by atoms with Crippen LogP contribution in [0.1, 0.15) is 12.8 Å². The molecule has 8 heteroatoms. The molecule has 23 heavy (non-hydrogen) atoms. The summed E-state index contributed by atoms with van der Waals surface area (Å²) in [5.41, 5.74) is 5.81. The number of nitrogens with zero attached hydrogens (tertiary/aromatic N) is 1. The summed E-state index contributed by atoms with van der Waals surface area (Å²) in [6, 6.07) is 5.90. The number of halogens is 3. The summed E-state index contributed by atoms with van der Waals surface area (Å²) >= 11 is 0. The normalized spacial score (nSPS) is 18.6. The van der Waals surface area contributed by atoms with Gasteiger partial charge in [-0.3, -0.25) is 4.79 Å². The molecule has 1 amide bonds. The molecular formula is C15H19F3N2O3. The van der Waals surface area contributed by atoms with Crippen molar-refractivity contribution in [2.24, 2.45) is 5.73 Å². The zero-order valence-electron chi connectivity index (χ0n) is 12.5. The van der Waals surface area contributed by atoms with Gasteiger partial charge in [0.2, 0.25) is 0 Å². The number of amides is 1. The van der Waals surface area contributed by atoms with Crippen molar-refractivity contribution in [3.63, 3.8) is 0 Å². The Morgan fingerprint density at radius 3 is 2.52 bits per heavy atom. The van der Waals surface area contributed by atoms with E-state index in [0.29, 0.717) is 13.1 Å². The number of hydrogen-bond donors (Lipinski definition) is 1. The van der Waals surface area contributed by atoms with Gasteiger partial charge in [-0.2, -0.15) is 13.2 Å². The van der Waals surface area contributed by atoms with Gasteiger partial charge in [0.25, 0.3) is 5.91 Å². The van der Waals surface area contributed by atoms with Crippen LogP contribution in [0.2, 0.25) is 0 Å². The molecule has 128 valence electrons. The number of para-hydroxylation sites is 2. The van der Waals surface area contributed by atoms with Gasteiger partial charge in [0.05, 0.1) is 0 Å². The highest BCUT2D eigenvalue weighted by Crippen LogP contribution is 2.28. The lowest BCUT2D eigenvalue weighted by Crippen LogP contribution is -2.47. The minimum atomic E-state index is -4.44. The first-order chi connectivity index (χ1) is 10.8. The number of hydrogen-bond acceptors (Lipinski definition) is 4. The van der Waals surface area contributed by atoms with Crippen LogP contribution in [0.3, 0.4) is 0 Å². The van der Waals surface area contributed by atoms with E-state index in [9.17, 15) is 18.0 Å². The quantitative estimate of drug-likeness (QED) is 0.895. The van der Waals surface area contributed by atoms with Crippen molar-refractivity contribution >= 4 is 5.91 Å². The minimum Gasteiger partial charge on any atom is -0.480 e. The van der Waals surface area contributed by atoms with E-state index in [1.54, 1.807) is 11.0 Å². The van der Waals surface area contributed by atoms with Gasteiger partial charge in [0.15, 0.2) is 24.7 Å². The standard InChI is InChI=1S/C15H19F3N2O3/c16-15(17,18)10-23-13-6-2-1-5-12(13)22-9-14(21)20-7-3-4-11(19)8-20/h1-2,5-6,11H,3-4,7-10,19H2/t11-/m0/s1. The van der Waals surface area contributed by atoms with Crippen molar-refractivity contribution in [2.75, 3.05) is 26.3 Å². The molecule has 5 nitrogen and oxygen atoms in total. The summed E-state index contributed by atoms with van der Waals surface area (Å²) in [7, 11) is 0. The zero-order valence-corrected chi connectivity index (χ0v) is 12.5. The maximum atomic E-state index is 12.2. The topological polar surface area (TPSA) is 64.8 Å². The highest BCUT2D eigenvalue weighted by Gasteiger charge is 2.29. The second-order valence-electron chi connectivity index (χ2n) is 5.38. The Morgan fingerprint density at radius 2 is 1.91 bits per heavy atom. The van der Waals surface area contributed by atoms with Gasteiger partial charge < -0.3 is 20.1 Å². The Bertz CT molecular complexity index is 537. The van der Waals surface area contributed by atoms with Gasteiger partial charge in [0, 0.05) is 19.1 Å². The lowest BCUT2D eigenvalue weighted by molar-refractivity contribution is -0.153. The molecule has 0 aromatic heterocycles. The fourth-order valence-electron chi connectivity index (χ4n) is 2.32. The maximum absolute atomic E-state index is 12.2. The summed E-state index contributed by atoms with van der Waals surface area (Å²) in [6.45, 7) is -0.599. The van der Waals surface area contributed by atoms with Crippen molar-refractivity contribution in [3.8, 4) is 11.5 Å². The van der Waals surface area contributed by atoms with Crippen molar-refractivity contribution in [2.45, 2.75) is 25.1 Å². The molecule has 0 aliphatic carbocycles. The van der Waals surface area contributed by atoms with Gasteiger partial charge >= 0.3 is 6.18 Å². The van der Waals surface area contributed by atoms with Crippen LogP contribution >= 0.6 is 0 Å². The summed E-state index contributed by atoms with van der Waals surface area (Å²) < 4.78 is 46.7. The van der Waals surface area contributed by atoms with E-state index in [-0.39, 0.29) is 30.1 Å². The van der Waals surface area contributed by atoms with Crippen molar-refractivity contribution in [1.29, 1.82) is 0 Å². The van der Waals surface area contributed by atoms with Crippen LogP contribution in [0, 0.1) is 0 Å². The molecule has 1 aromatic rings. The molecule has 0 radical (unpaired) electrons. The van der Waals surface area contributed by atoms with E-state index in [4.69, 9.17) is 15.2 Å². The van der Waals surface area contributed by atoms with Crippen LogP contribution in [0.15, 0.2) is 24.3 Å². The first kappa shape index (κ1) is 17.4. The fourth-order valence-corrected chi connectivity index (χ4v) is 2.32. The molecule has 1 saturated heterocycles. The number of carbonyl (C=O) groups is 1. The number of carbonyl (C=O) groups excluding carboxylic acids is 1. The average molecular weight is 332 g/mol. The predicted molar refractivity (Wildman–Crippen MR) is 77.3 cm³/mol. The smallest absolute Gasteiger partial charge is 0.422 e. The van der Waals surface area contributed by atoms with Crippen molar-refractivity contribution in [1.82, 2.24) is 4.90 Å². The summed E-state index contributed by atoms with van der Waals surface area (Å²) in [5.74, 6) is -0.190. The molecular weight excluding hydrogens is 313 g/mol. The van der Waals surface area contributed by atoms with Gasteiger partial charge in [-0.15, -0.1) is 0 Å². The number of ether oxygens (including phenoxy) is 2. The van der Waals surface area contributed by atoms with E-state index in [0.717, 1.165) is 12.8 Å². The number of alkyl halides is 3. The second-order valence-corrected chi connectivity index (χ2v) is 5.38. The Morgan fingerprint density at radius 1 is 1.26 bits per heavy atom. The molecule has 1 aromatic carbocycles. The Hall–Kier alpha value is -1.96. The number of piperidine rings is 1. The predicted octanol–water partition coefficient (Wildman–Crippen LogP) is 1.96. The average Bonchev–Trinajstić information content (AvgIpc) is 2.50. The van der Waals surface area contributed by atoms with Crippen LogP contribution < -0.4 is 15.2 Å². The monoisotopic (exact) mass is 332 g/mol. The van der Waals surface area contributed by atoms with E-state index in [1.807, 2.05) is 0 Å². The molecule has 1 atom stereocenters. The number of likely N-dealkylation sites (tertiary alicyclic amines) is 1. The highest BCUT2D eigenvalue weighted by atomic mass is 19.4. The van der Waals surface area contributed by atoms with E-state index in [2.05, 4.69) is 0 Å². The minimum absolute atomic E-state index is 0.0462. The van der Waals surface area contributed by atoms with Gasteiger partial charge in [-0.05, 0) is 25.0 Å². The number of nitrogens with two attached hydrogens (primary N) is 1. The van der Waals surface area contributed by atoms with E-state index >= 15 is 0 Å². The molecule has 0 saturated carbocycles. The molecule has 1 aliphatic rings. The van der Waals surface area contributed by atoms with E-state index < -0.39 is 12.8 Å². The molecule has 1 aliphatic heterocycles. The fraction of sp³-hybridized carbons (Fsp3) is 0.533. The Labute approximate surface area is 132 Å². The largest absolute Gasteiger partial charge is 0.480 e. The van der Waals surface area contributed by atoms with Crippen LogP contribution in [-0.4, -0.2) is 49.3 Å². The van der Waals surface area contributed by atoms with Crippen LogP contribution in [0.25, 0.3) is 0 Å².